The van der Waals surface area contributed by atoms with Crippen LogP contribution in [0.5, 0.6) is 0 Å². The Morgan fingerprint density at radius 1 is 0.814 bits per heavy atom. The largest absolute Gasteiger partial charge is 0.463 e. The Labute approximate surface area is 253 Å². The van der Waals surface area contributed by atoms with Crippen molar-refractivity contribution in [3.8, 4) is 0 Å². The second-order valence-corrected chi connectivity index (χ2v) is 10.3. The van der Waals surface area contributed by atoms with Crippen LogP contribution in [0, 0.1) is 0 Å². The standard InChI is InChI=1S/C37H38O6/c1-3-40-34(38)25-29-24-33(43-36(39-2)35(29)41-26-28-16-8-4-9-17-28)27-42-37(30-18-10-5-11-19-30,31-20-12-6-13-21-31)32-22-14-7-15-23-32/h4-23,25,33,35-36H,3,24,26-27H2,1-2H3/b29-25+/t33-,35+,36-/m0/s1. The Morgan fingerprint density at radius 2 is 1.33 bits per heavy atom. The van der Waals surface area contributed by atoms with Crippen molar-refractivity contribution < 1.29 is 28.5 Å². The molecule has 0 amide bonds. The van der Waals surface area contributed by atoms with E-state index in [0.717, 1.165) is 27.8 Å². The van der Waals surface area contributed by atoms with Gasteiger partial charge in [-0.3, -0.25) is 0 Å². The minimum atomic E-state index is -0.901. The highest BCUT2D eigenvalue weighted by molar-refractivity contribution is 5.83. The van der Waals surface area contributed by atoms with Gasteiger partial charge in [-0.25, -0.2) is 4.79 Å². The van der Waals surface area contributed by atoms with Gasteiger partial charge in [-0.15, -0.1) is 0 Å². The summed E-state index contributed by atoms with van der Waals surface area (Å²) in [4.78, 5) is 12.6. The molecule has 3 atom stereocenters. The minimum absolute atomic E-state index is 0.226. The van der Waals surface area contributed by atoms with Crippen LogP contribution in [0.25, 0.3) is 0 Å². The molecule has 0 spiro atoms. The molecule has 0 radical (unpaired) electrons. The summed E-state index contributed by atoms with van der Waals surface area (Å²) in [6.45, 7) is 2.64. The summed E-state index contributed by atoms with van der Waals surface area (Å²) in [5.74, 6) is -0.422. The van der Waals surface area contributed by atoms with Crippen LogP contribution in [0.2, 0.25) is 0 Å². The highest BCUT2D eigenvalue weighted by Gasteiger charge is 2.41. The summed E-state index contributed by atoms with van der Waals surface area (Å²) in [6.07, 6.45) is 0.170. The molecule has 0 bridgehead atoms. The molecule has 6 heteroatoms. The Bertz CT molecular complexity index is 1340. The second-order valence-electron chi connectivity index (χ2n) is 10.3. The van der Waals surface area contributed by atoms with Crippen LogP contribution >= 0.6 is 0 Å². The van der Waals surface area contributed by atoms with Gasteiger partial charge in [-0.05, 0) is 34.8 Å². The predicted octanol–water partition coefficient (Wildman–Crippen LogP) is 6.83. The number of hydrogen-bond acceptors (Lipinski definition) is 6. The van der Waals surface area contributed by atoms with Crippen LogP contribution in [-0.4, -0.2) is 44.8 Å². The quantitative estimate of drug-likeness (QED) is 0.104. The van der Waals surface area contributed by atoms with Crippen LogP contribution in [0.1, 0.15) is 35.6 Å². The monoisotopic (exact) mass is 578 g/mol. The van der Waals surface area contributed by atoms with E-state index in [0.29, 0.717) is 13.0 Å². The number of carbonyl (C=O) groups is 1. The van der Waals surface area contributed by atoms with Crippen molar-refractivity contribution in [2.75, 3.05) is 20.3 Å². The van der Waals surface area contributed by atoms with E-state index in [9.17, 15) is 4.79 Å². The van der Waals surface area contributed by atoms with Crippen LogP contribution in [0.3, 0.4) is 0 Å². The first-order valence-electron chi connectivity index (χ1n) is 14.7. The number of carbonyl (C=O) groups excluding carboxylic acids is 1. The molecular formula is C37H38O6. The molecule has 4 aromatic rings. The molecule has 1 saturated heterocycles. The third-order valence-electron chi connectivity index (χ3n) is 7.52. The number of rotatable bonds is 12. The maximum absolute atomic E-state index is 12.6. The number of methoxy groups -OCH3 is 1. The van der Waals surface area contributed by atoms with Gasteiger partial charge in [0.1, 0.15) is 11.7 Å². The molecule has 1 heterocycles. The zero-order chi connectivity index (χ0) is 29.9. The summed E-state index contributed by atoms with van der Waals surface area (Å²) in [7, 11) is 1.58. The molecule has 0 aliphatic carbocycles. The van der Waals surface area contributed by atoms with Crippen molar-refractivity contribution in [2.45, 2.75) is 44.1 Å². The number of ether oxygens (including phenoxy) is 5. The fourth-order valence-electron chi connectivity index (χ4n) is 5.55. The Kier molecular flexibility index (Phi) is 10.5. The van der Waals surface area contributed by atoms with Crippen molar-refractivity contribution in [1.29, 1.82) is 0 Å². The minimum Gasteiger partial charge on any atom is -0.463 e. The van der Waals surface area contributed by atoms with Crippen molar-refractivity contribution in [3.63, 3.8) is 0 Å². The highest BCUT2D eigenvalue weighted by Crippen LogP contribution is 2.41. The van der Waals surface area contributed by atoms with Gasteiger partial charge in [0, 0.05) is 19.6 Å². The van der Waals surface area contributed by atoms with E-state index >= 15 is 0 Å². The first kappa shape index (κ1) is 30.4. The van der Waals surface area contributed by atoms with Crippen LogP contribution in [-0.2, 0) is 40.7 Å². The average Bonchev–Trinajstić information content (AvgIpc) is 3.06. The summed E-state index contributed by atoms with van der Waals surface area (Å²) >= 11 is 0. The molecule has 0 aromatic heterocycles. The third-order valence-corrected chi connectivity index (χ3v) is 7.52. The fourth-order valence-corrected chi connectivity index (χ4v) is 5.55. The van der Waals surface area contributed by atoms with E-state index in [1.807, 2.05) is 84.9 Å². The van der Waals surface area contributed by atoms with Crippen LogP contribution < -0.4 is 0 Å². The Hall–Kier alpha value is -4.07. The smallest absolute Gasteiger partial charge is 0.330 e. The van der Waals surface area contributed by atoms with E-state index in [2.05, 4.69) is 36.4 Å². The lowest BCUT2D eigenvalue weighted by Gasteiger charge is -2.40. The Morgan fingerprint density at radius 3 is 1.81 bits per heavy atom. The molecule has 0 N–H and O–H groups in total. The van der Waals surface area contributed by atoms with Crippen molar-refractivity contribution in [3.05, 3.63) is 155 Å². The molecule has 0 saturated carbocycles. The number of benzene rings is 4. The molecule has 1 fully saturated rings. The van der Waals surface area contributed by atoms with E-state index < -0.39 is 30.1 Å². The molecule has 43 heavy (non-hydrogen) atoms. The summed E-state index contributed by atoms with van der Waals surface area (Å²) in [6, 6.07) is 40.5. The summed E-state index contributed by atoms with van der Waals surface area (Å²) in [5, 5.41) is 0. The molecule has 1 aliphatic heterocycles. The zero-order valence-corrected chi connectivity index (χ0v) is 24.6. The Balaban J connectivity index is 1.46. The van der Waals surface area contributed by atoms with Gasteiger partial charge in [-0.2, -0.15) is 0 Å². The summed E-state index contributed by atoms with van der Waals surface area (Å²) in [5.41, 5.74) is 3.84. The highest BCUT2D eigenvalue weighted by atomic mass is 16.7. The molecule has 4 aromatic carbocycles. The maximum atomic E-state index is 12.6. The van der Waals surface area contributed by atoms with Gasteiger partial charge in [0.15, 0.2) is 6.29 Å². The normalized spacial score (nSPS) is 19.7. The maximum Gasteiger partial charge on any atom is 0.330 e. The van der Waals surface area contributed by atoms with Crippen molar-refractivity contribution >= 4 is 5.97 Å². The lowest BCUT2D eigenvalue weighted by Crippen LogP contribution is -2.46. The zero-order valence-electron chi connectivity index (χ0n) is 24.6. The van der Waals surface area contributed by atoms with E-state index in [1.165, 1.54) is 6.08 Å². The average molecular weight is 579 g/mol. The van der Waals surface area contributed by atoms with Gasteiger partial charge in [0.2, 0.25) is 0 Å². The van der Waals surface area contributed by atoms with Gasteiger partial charge in [0.05, 0.1) is 25.9 Å². The van der Waals surface area contributed by atoms with Crippen molar-refractivity contribution in [2.24, 2.45) is 0 Å². The first-order chi connectivity index (χ1) is 21.1. The van der Waals surface area contributed by atoms with E-state index in [1.54, 1.807) is 14.0 Å². The predicted molar refractivity (Wildman–Crippen MR) is 165 cm³/mol. The number of esters is 1. The van der Waals surface area contributed by atoms with Crippen molar-refractivity contribution in [1.82, 2.24) is 0 Å². The third kappa shape index (κ3) is 7.29. The molecule has 6 nitrogen and oxygen atoms in total. The van der Waals surface area contributed by atoms with Gasteiger partial charge in [0.25, 0.3) is 0 Å². The lowest BCUT2D eigenvalue weighted by atomic mass is 9.80. The topological polar surface area (TPSA) is 63.2 Å². The van der Waals surface area contributed by atoms with E-state index in [-0.39, 0.29) is 13.2 Å². The van der Waals surface area contributed by atoms with Gasteiger partial charge < -0.3 is 23.7 Å². The molecule has 1 aliphatic rings. The lowest BCUT2D eigenvalue weighted by molar-refractivity contribution is -0.237. The summed E-state index contributed by atoms with van der Waals surface area (Å²) < 4.78 is 30.8. The van der Waals surface area contributed by atoms with Crippen LogP contribution in [0.15, 0.2) is 133 Å². The van der Waals surface area contributed by atoms with Gasteiger partial charge >= 0.3 is 5.97 Å². The molecule has 0 unspecified atom stereocenters. The molecule has 5 rings (SSSR count). The van der Waals surface area contributed by atoms with Crippen LogP contribution in [0.4, 0.5) is 0 Å². The van der Waals surface area contributed by atoms with E-state index in [4.69, 9.17) is 23.7 Å². The second kappa shape index (κ2) is 14.9. The molecular weight excluding hydrogens is 540 g/mol. The fraction of sp³-hybridized carbons (Fsp3) is 0.270. The first-order valence-corrected chi connectivity index (χ1v) is 14.7. The van der Waals surface area contributed by atoms with Gasteiger partial charge in [-0.1, -0.05) is 121 Å². The number of hydrogen-bond donors (Lipinski definition) is 0. The SMILES string of the molecule is CCOC(=O)/C=C1\C[C@@H](COC(c2ccccc2)(c2ccccc2)c2ccccc2)O[C@H](OC)[C@@H]1OCc1ccccc1. The molecule has 222 valence electrons.